The Bertz CT molecular complexity index is 1490. The normalized spacial score (nSPS) is 19.5. The first kappa shape index (κ1) is 33.5. The zero-order chi connectivity index (χ0) is 32.8. The largest absolute Gasteiger partial charge is 0.493 e. The molecule has 2 amide bonds. The second kappa shape index (κ2) is 15.2. The van der Waals surface area contributed by atoms with Crippen LogP contribution in [0.2, 0.25) is 5.02 Å². The lowest BCUT2D eigenvalue weighted by Gasteiger charge is -2.38. The number of nitrogens with one attached hydrogen (secondary N) is 2. The topological polar surface area (TPSA) is 96.0 Å². The number of benzene rings is 2. The maximum atomic E-state index is 13.9. The van der Waals surface area contributed by atoms with Crippen molar-refractivity contribution in [3.05, 3.63) is 76.4 Å². The van der Waals surface area contributed by atoms with E-state index in [0.29, 0.717) is 41.6 Å². The molecule has 5 rings (SSSR count). The van der Waals surface area contributed by atoms with Crippen LogP contribution in [0.3, 0.4) is 0 Å². The van der Waals surface area contributed by atoms with Crippen molar-refractivity contribution in [2.24, 2.45) is 5.92 Å². The summed E-state index contributed by atoms with van der Waals surface area (Å²) in [4.78, 5) is 34.5. The van der Waals surface area contributed by atoms with Crippen LogP contribution in [-0.4, -0.2) is 62.7 Å². The molecular weight excluding hydrogens is 602 g/mol. The van der Waals surface area contributed by atoms with Gasteiger partial charge < -0.3 is 25.0 Å². The minimum absolute atomic E-state index is 0.0209. The van der Waals surface area contributed by atoms with Crippen molar-refractivity contribution in [3.8, 4) is 11.5 Å². The number of rotatable bonds is 12. The predicted octanol–water partition coefficient (Wildman–Crippen LogP) is 5.93. The van der Waals surface area contributed by atoms with Gasteiger partial charge in [0.1, 0.15) is 5.82 Å². The molecule has 1 fully saturated rings. The minimum Gasteiger partial charge on any atom is -0.493 e. The van der Waals surface area contributed by atoms with Crippen LogP contribution in [0.25, 0.3) is 0 Å². The average Bonchev–Trinajstić information content (AvgIpc) is 3.04. The highest BCUT2D eigenvalue weighted by atomic mass is 35.5. The molecule has 3 aromatic rings. The van der Waals surface area contributed by atoms with Crippen LogP contribution in [0, 0.1) is 5.92 Å². The van der Waals surface area contributed by atoms with E-state index >= 15 is 0 Å². The maximum Gasteiger partial charge on any atom is 0.233 e. The molecule has 0 bridgehead atoms. The van der Waals surface area contributed by atoms with Crippen LogP contribution in [0.15, 0.2) is 54.7 Å². The monoisotopic (exact) mass is 647 g/mol. The Morgan fingerprint density at radius 1 is 1.09 bits per heavy atom. The van der Waals surface area contributed by atoms with Crippen molar-refractivity contribution < 1.29 is 19.1 Å². The van der Waals surface area contributed by atoms with Gasteiger partial charge in [0.15, 0.2) is 11.5 Å². The first-order valence-corrected chi connectivity index (χ1v) is 16.7. The Kier molecular flexibility index (Phi) is 11.1. The van der Waals surface area contributed by atoms with E-state index < -0.39 is 6.04 Å². The van der Waals surface area contributed by atoms with E-state index in [4.69, 9.17) is 26.1 Å². The Labute approximate surface area is 277 Å². The Hall–Kier alpha value is -3.82. The standard InChI is InChI=1S/C36H46ClN5O4/c1-6-38-34(43)21-39-28-13-7-24(8-14-28)22-41(4)33-16-15-29(20-40-33)42-35(44)18-26-17-31(45-5)32(46-23(2)3)19-30(26)36(42)25-9-11-27(37)12-10-25/h9-12,15-17,19-20,23-24,28,36,39H,6-8,13-14,18,21-22H2,1-5H3,(H,38,43)/t24?,28?,36-/m0/s1. The minimum atomic E-state index is -0.392. The number of hydrogen-bond donors (Lipinski definition) is 2. The second-order valence-corrected chi connectivity index (χ2v) is 13.0. The number of halogens is 1. The van der Waals surface area contributed by atoms with Gasteiger partial charge >= 0.3 is 0 Å². The maximum absolute atomic E-state index is 13.9. The lowest BCUT2D eigenvalue weighted by molar-refractivity contribution is -0.120. The molecule has 1 aliphatic heterocycles. The summed E-state index contributed by atoms with van der Waals surface area (Å²) in [6.45, 7) is 7.83. The van der Waals surface area contributed by atoms with E-state index in [1.165, 1.54) is 0 Å². The van der Waals surface area contributed by atoms with Gasteiger partial charge in [-0.1, -0.05) is 23.7 Å². The molecule has 2 aliphatic rings. The molecular formula is C36H46ClN5O4. The Morgan fingerprint density at radius 2 is 1.83 bits per heavy atom. The van der Waals surface area contributed by atoms with E-state index in [0.717, 1.165) is 60.4 Å². The summed E-state index contributed by atoms with van der Waals surface area (Å²) in [5, 5.41) is 6.88. The van der Waals surface area contributed by atoms with Gasteiger partial charge in [-0.25, -0.2) is 4.98 Å². The molecule has 9 nitrogen and oxygen atoms in total. The van der Waals surface area contributed by atoms with Crippen LogP contribution in [0.1, 0.15) is 69.2 Å². The van der Waals surface area contributed by atoms with Crippen LogP contribution < -0.4 is 29.9 Å². The van der Waals surface area contributed by atoms with Crippen LogP contribution in [0.4, 0.5) is 11.5 Å². The van der Waals surface area contributed by atoms with E-state index in [9.17, 15) is 9.59 Å². The quantitative estimate of drug-likeness (QED) is 0.252. The summed E-state index contributed by atoms with van der Waals surface area (Å²) < 4.78 is 11.8. The van der Waals surface area contributed by atoms with E-state index in [1.807, 2.05) is 74.2 Å². The number of pyridine rings is 1. The third kappa shape index (κ3) is 7.93. The number of nitrogens with zero attached hydrogens (tertiary/aromatic N) is 3. The van der Waals surface area contributed by atoms with E-state index in [2.05, 4.69) is 22.6 Å². The number of carbonyl (C=O) groups is 2. The fourth-order valence-corrected chi connectivity index (χ4v) is 6.73. The first-order valence-electron chi connectivity index (χ1n) is 16.3. The van der Waals surface area contributed by atoms with Gasteiger partial charge in [0.05, 0.1) is 44.1 Å². The first-order chi connectivity index (χ1) is 22.2. The Balaban J connectivity index is 1.33. The molecule has 2 N–H and O–H groups in total. The van der Waals surface area contributed by atoms with Gasteiger partial charge in [-0.3, -0.25) is 14.5 Å². The van der Waals surface area contributed by atoms with Gasteiger partial charge in [0.2, 0.25) is 11.8 Å². The molecule has 0 spiro atoms. The molecule has 1 aliphatic carbocycles. The number of likely N-dealkylation sites (N-methyl/N-ethyl adjacent to an activating group) is 1. The van der Waals surface area contributed by atoms with Crippen molar-refractivity contribution in [2.75, 3.05) is 43.6 Å². The summed E-state index contributed by atoms with van der Waals surface area (Å²) in [6.07, 6.45) is 6.33. The number of methoxy groups -OCH3 is 1. The summed E-state index contributed by atoms with van der Waals surface area (Å²) in [7, 11) is 3.69. The number of carbonyl (C=O) groups excluding carboxylic acids is 2. The number of amides is 2. The van der Waals surface area contributed by atoms with Gasteiger partial charge in [-0.05, 0) is 105 Å². The molecule has 2 aromatic carbocycles. The summed E-state index contributed by atoms with van der Waals surface area (Å²) >= 11 is 6.27. The van der Waals surface area contributed by atoms with Crippen LogP contribution in [0.5, 0.6) is 11.5 Å². The van der Waals surface area contributed by atoms with Crippen molar-refractivity contribution in [1.29, 1.82) is 0 Å². The van der Waals surface area contributed by atoms with Gasteiger partial charge in [0.25, 0.3) is 0 Å². The fourth-order valence-electron chi connectivity index (χ4n) is 6.60. The smallest absolute Gasteiger partial charge is 0.233 e. The Morgan fingerprint density at radius 3 is 2.46 bits per heavy atom. The highest BCUT2D eigenvalue weighted by molar-refractivity contribution is 6.30. The van der Waals surface area contributed by atoms with Crippen LogP contribution >= 0.6 is 11.6 Å². The number of anilines is 2. The summed E-state index contributed by atoms with van der Waals surface area (Å²) in [5.74, 6) is 2.72. The van der Waals surface area contributed by atoms with Gasteiger partial charge in [-0.2, -0.15) is 0 Å². The van der Waals surface area contributed by atoms with Crippen molar-refractivity contribution in [3.63, 3.8) is 0 Å². The second-order valence-electron chi connectivity index (χ2n) is 12.6. The predicted molar refractivity (Wildman–Crippen MR) is 183 cm³/mol. The van der Waals surface area contributed by atoms with Crippen molar-refractivity contribution in [2.45, 2.75) is 71.1 Å². The zero-order valence-corrected chi connectivity index (χ0v) is 28.3. The molecule has 1 saturated carbocycles. The molecule has 46 heavy (non-hydrogen) atoms. The van der Waals surface area contributed by atoms with Gasteiger partial charge in [0, 0.05) is 31.2 Å². The van der Waals surface area contributed by atoms with Crippen LogP contribution in [-0.2, 0) is 16.0 Å². The van der Waals surface area contributed by atoms with E-state index in [1.54, 1.807) is 13.3 Å². The molecule has 0 saturated heterocycles. The molecule has 0 radical (unpaired) electrons. The third-order valence-corrected chi connectivity index (χ3v) is 9.09. The molecule has 0 unspecified atom stereocenters. The molecule has 10 heteroatoms. The molecule has 1 atom stereocenters. The average molecular weight is 648 g/mol. The SMILES string of the molecule is CCNC(=O)CNC1CCC(CN(C)c2ccc(N3C(=O)Cc4cc(OC)c(OC(C)C)cc4[C@@H]3c3ccc(Cl)cc3)cn2)CC1. The lowest BCUT2D eigenvalue weighted by Crippen LogP contribution is -2.41. The zero-order valence-electron chi connectivity index (χ0n) is 27.5. The number of hydrogen-bond acceptors (Lipinski definition) is 7. The molecule has 1 aromatic heterocycles. The van der Waals surface area contributed by atoms with E-state index in [-0.39, 0.29) is 24.3 Å². The lowest BCUT2D eigenvalue weighted by atomic mass is 9.85. The van der Waals surface area contributed by atoms with Crippen molar-refractivity contribution in [1.82, 2.24) is 15.6 Å². The number of aromatic nitrogens is 1. The highest BCUT2D eigenvalue weighted by Crippen LogP contribution is 2.44. The third-order valence-electron chi connectivity index (χ3n) is 8.84. The fraction of sp³-hybridized carbons (Fsp3) is 0.472. The molecule has 246 valence electrons. The number of fused-ring (bicyclic) bond motifs is 1. The van der Waals surface area contributed by atoms with Crippen molar-refractivity contribution >= 4 is 34.9 Å². The van der Waals surface area contributed by atoms with Gasteiger partial charge in [-0.15, -0.1) is 0 Å². The summed E-state index contributed by atoms with van der Waals surface area (Å²) in [6, 6.07) is 15.6. The highest BCUT2D eigenvalue weighted by Gasteiger charge is 2.36. The summed E-state index contributed by atoms with van der Waals surface area (Å²) in [5.41, 5.74) is 3.56. The number of ether oxygens (including phenoxy) is 2. The molecule has 2 heterocycles.